The van der Waals surface area contributed by atoms with Gasteiger partial charge < -0.3 is 5.21 Å². The van der Waals surface area contributed by atoms with Gasteiger partial charge in [0.2, 0.25) is 0 Å². The quantitative estimate of drug-likeness (QED) is 0.368. The molecule has 0 bridgehead atoms. The molecular weight excluding hydrogens is 296 g/mol. The lowest BCUT2D eigenvalue weighted by atomic mass is 10.1. The van der Waals surface area contributed by atoms with Gasteiger partial charge in [0.05, 0.1) is 24.2 Å². The summed E-state index contributed by atoms with van der Waals surface area (Å²) in [5.41, 5.74) is 2.59. The van der Waals surface area contributed by atoms with Gasteiger partial charge in [-0.1, -0.05) is 41.4 Å². The molecule has 4 rings (SSSR count). The molecule has 0 unspecified atom stereocenters. The number of fused-ring (bicyclic) bond motifs is 2. The Labute approximate surface area is 131 Å². The zero-order chi connectivity index (χ0) is 16.0. The van der Waals surface area contributed by atoms with Crippen LogP contribution >= 0.6 is 0 Å². The molecule has 0 atom stereocenters. The number of rotatable bonds is 2. The Kier molecular flexibility index (Phi) is 2.87. The van der Waals surface area contributed by atoms with Crippen LogP contribution < -0.4 is 0 Å². The summed E-state index contributed by atoms with van der Waals surface area (Å²) in [5.74, 6) is -1.16. The molecule has 7 nitrogen and oxygen atoms in total. The molecular formula is C16H12N4O3. The van der Waals surface area contributed by atoms with Crippen LogP contribution in [-0.2, 0) is 13.1 Å². The van der Waals surface area contributed by atoms with Crippen molar-refractivity contribution >= 4 is 11.8 Å². The lowest BCUT2D eigenvalue weighted by Gasteiger charge is -2.18. The molecule has 2 aliphatic rings. The molecule has 0 saturated carbocycles. The first-order valence-electron chi connectivity index (χ1n) is 7.13. The van der Waals surface area contributed by atoms with Gasteiger partial charge in [0.1, 0.15) is 5.22 Å². The van der Waals surface area contributed by atoms with E-state index >= 15 is 0 Å². The average molecular weight is 308 g/mol. The third-order valence-electron chi connectivity index (χ3n) is 4.00. The first-order valence-corrected chi connectivity index (χ1v) is 7.13. The number of hydrogen-bond acceptors (Lipinski definition) is 4. The fraction of sp³-hybridized carbons (Fsp3) is 0.125. The van der Waals surface area contributed by atoms with Crippen molar-refractivity contribution < 1.29 is 14.6 Å². The van der Waals surface area contributed by atoms with Gasteiger partial charge in [-0.2, -0.15) is 0 Å². The highest BCUT2D eigenvalue weighted by atomic mass is 16.6. The van der Waals surface area contributed by atoms with Gasteiger partial charge in [-0.05, 0) is 28.3 Å². The molecule has 0 aliphatic carbocycles. The number of amides is 2. The van der Waals surface area contributed by atoms with Crippen LogP contribution in [0.4, 0.5) is 0 Å². The predicted molar refractivity (Wildman–Crippen MR) is 78.7 cm³/mol. The largest absolute Gasteiger partial charge is 0.673 e. The maximum atomic E-state index is 12.2. The molecule has 0 fully saturated rings. The van der Waals surface area contributed by atoms with Gasteiger partial charge in [0.25, 0.3) is 0 Å². The number of hydrogen-bond donors (Lipinski definition) is 0. The Bertz CT molecular complexity index is 802. The van der Waals surface area contributed by atoms with Crippen molar-refractivity contribution in [2.75, 3.05) is 0 Å². The van der Waals surface area contributed by atoms with Crippen LogP contribution in [0, 0.1) is 5.21 Å². The molecule has 0 N–H and O–H groups in total. The molecule has 2 aliphatic heterocycles. The normalized spacial score (nSPS) is 16.8. The first kappa shape index (κ1) is 13.4. The summed E-state index contributed by atoms with van der Waals surface area (Å²) in [4.78, 5) is 24.7. The molecule has 2 amide bonds. The summed E-state index contributed by atoms with van der Waals surface area (Å²) in [7, 11) is 0. The van der Waals surface area contributed by atoms with E-state index in [-0.39, 0.29) is 11.1 Å². The van der Waals surface area contributed by atoms with E-state index in [4.69, 9.17) is 0 Å². The first-order chi connectivity index (χ1) is 11.1. The summed E-state index contributed by atoms with van der Waals surface area (Å²) >= 11 is 0. The predicted octanol–water partition coefficient (Wildman–Crippen LogP) is 2.09. The number of imide groups is 1. The summed E-state index contributed by atoms with van der Waals surface area (Å²) in [6.07, 6.45) is 0. The monoisotopic (exact) mass is 308 g/mol. The van der Waals surface area contributed by atoms with Crippen molar-refractivity contribution in [1.29, 1.82) is 0 Å². The van der Waals surface area contributed by atoms with E-state index in [2.05, 4.69) is 5.22 Å². The highest BCUT2D eigenvalue weighted by Gasteiger charge is 2.43. The zero-order valence-corrected chi connectivity index (χ0v) is 12.0. The average Bonchev–Trinajstić information content (AvgIpc) is 3.11. The summed E-state index contributed by atoms with van der Waals surface area (Å²) in [6, 6.07) is 14.1. The number of hydrazine groups is 1. The SMILES string of the molecule is O=C1c2ccccc2C(=O)N1/N=[N+](\[O-])N1Cc2ccccc2C1. The molecule has 7 heteroatoms. The fourth-order valence-corrected chi connectivity index (χ4v) is 2.83. The third-order valence-corrected chi connectivity index (χ3v) is 4.00. The van der Waals surface area contributed by atoms with E-state index in [1.165, 1.54) is 5.01 Å². The Morgan fingerprint density at radius 3 is 1.87 bits per heavy atom. The molecule has 114 valence electrons. The maximum absolute atomic E-state index is 12.2. The smallest absolute Gasteiger partial charge is 0.370 e. The number of carbonyl (C=O) groups excluding carboxylic acids is 2. The van der Waals surface area contributed by atoms with Gasteiger partial charge in [-0.25, -0.2) is 14.6 Å². The Balaban J connectivity index is 1.60. The lowest BCUT2D eigenvalue weighted by Crippen LogP contribution is -2.31. The highest BCUT2D eigenvalue weighted by Crippen LogP contribution is 2.25. The second-order valence-electron chi connectivity index (χ2n) is 5.40. The van der Waals surface area contributed by atoms with Gasteiger partial charge in [0.15, 0.2) is 0 Å². The van der Waals surface area contributed by atoms with Crippen molar-refractivity contribution in [3.8, 4) is 0 Å². The second kappa shape index (κ2) is 4.91. The molecule has 0 aromatic heterocycles. The summed E-state index contributed by atoms with van der Waals surface area (Å²) in [6.45, 7) is 0.790. The number of benzene rings is 2. The molecule has 0 radical (unpaired) electrons. The minimum atomic E-state index is -0.580. The summed E-state index contributed by atoms with van der Waals surface area (Å²) < 4.78 is 0. The van der Waals surface area contributed by atoms with E-state index in [9.17, 15) is 14.8 Å². The van der Waals surface area contributed by atoms with Crippen molar-refractivity contribution in [2.24, 2.45) is 5.22 Å². The Hall–Kier alpha value is -3.22. The topological polar surface area (TPSA) is 79.0 Å². The maximum Gasteiger partial charge on any atom is 0.370 e. The van der Waals surface area contributed by atoms with Crippen LogP contribution in [0.15, 0.2) is 53.8 Å². The standard InChI is InChI=1S/C16H12N4O3/c21-15-13-7-3-4-8-14(13)16(22)19(15)17-20(23)18-9-11-5-1-2-6-12(11)10-18/h1-8H,9-10H2/b20-17-. The van der Waals surface area contributed by atoms with Gasteiger partial charge >= 0.3 is 11.8 Å². The minimum absolute atomic E-state index is 0.263. The van der Waals surface area contributed by atoms with Crippen LogP contribution in [0.3, 0.4) is 0 Å². The molecule has 0 spiro atoms. The van der Waals surface area contributed by atoms with Crippen molar-refractivity contribution in [1.82, 2.24) is 10.0 Å². The molecule has 23 heavy (non-hydrogen) atoms. The molecule has 2 aromatic rings. The Morgan fingerprint density at radius 1 is 0.870 bits per heavy atom. The van der Waals surface area contributed by atoms with E-state index < -0.39 is 11.8 Å². The van der Waals surface area contributed by atoms with Crippen molar-refractivity contribution in [2.45, 2.75) is 13.1 Å². The van der Waals surface area contributed by atoms with E-state index in [1.807, 2.05) is 24.3 Å². The summed E-state index contributed by atoms with van der Waals surface area (Å²) in [5, 5.41) is 17.9. The second-order valence-corrected chi connectivity index (χ2v) is 5.40. The highest BCUT2D eigenvalue weighted by molar-refractivity contribution is 6.20. The van der Waals surface area contributed by atoms with Crippen molar-refractivity contribution in [3.63, 3.8) is 0 Å². The van der Waals surface area contributed by atoms with Crippen LogP contribution in [0.2, 0.25) is 0 Å². The fourth-order valence-electron chi connectivity index (χ4n) is 2.83. The Morgan fingerprint density at radius 2 is 1.35 bits per heavy atom. The number of nitrogens with zero attached hydrogens (tertiary/aromatic N) is 4. The molecule has 0 saturated heterocycles. The number of carbonyl (C=O) groups is 2. The lowest BCUT2D eigenvalue weighted by molar-refractivity contribution is -0.705. The minimum Gasteiger partial charge on any atom is -0.673 e. The van der Waals surface area contributed by atoms with E-state index in [0.29, 0.717) is 23.1 Å². The van der Waals surface area contributed by atoms with Gasteiger partial charge in [0, 0.05) is 0 Å². The van der Waals surface area contributed by atoms with Crippen LogP contribution in [0.25, 0.3) is 0 Å². The third kappa shape index (κ3) is 2.05. The van der Waals surface area contributed by atoms with Crippen LogP contribution in [0.5, 0.6) is 0 Å². The van der Waals surface area contributed by atoms with Crippen LogP contribution in [0.1, 0.15) is 31.8 Å². The van der Waals surface area contributed by atoms with Gasteiger partial charge in [-0.15, -0.1) is 0 Å². The molecule has 2 aromatic carbocycles. The van der Waals surface area contributed by atoms with Crippen LogP contribution in [-0.4, -0.2) is 26.8 Å². The zero-order valence-electron chi connectivity index (χ0n) is 12.0. The van der Waals surface area contributed by atoms with Crippen molar-refractivity contribution in [3.05, 3.63) is 76.0 Å². The molecule has 2 heterocycles. The van der Waals surface area contributed by atoms with E-state index in [1.54, 1.807) is 24.3 Å². The van der Waals surface area contributed by atoms with Gasteiger partial charge in [-0.3, -0.25) is 0 Å². The van der Waals surface area contributed by atoms with E-state index in [0.717, 1.165) is 11.1 Å².